The third-order valence-electron chi connectivity index (χ3n) is 6.52. The van der Waals surface area contributed by atoms with Crippen molar-refractivity contribution in [1.82, 2.24) is 0 Å². The Morgan fingerprint density at radius 3 is 2.31 bits per heavy atom. The van der Waals surface area contributed by atoms with Crippen molar-refractivity contribution in [2.75, 3.05) is 18.0 Å². The highest BCUT2D eigenvalue weighted by Gasteiger charge is 2.35. The van der Waals surface area contributed by atoms with Crippen molar-refractivity contribution in [2.45, 2.75) is 51.9 Å². The quantitative estimate of drug-likeness (QED) is 0.393. The van der Waals surface area contributed by atoms with Crippen LogP contribution in [-0.4, -0.2) is 19.3 Å². The van der Waals surface area contributed by atoms with E-state index in [1.165, 1.54) is 74.8 Å². The predicted octanol–water partition coefficient (Wildman–Crippen LogP) is 7.90. The molecule has 1 saturated heterocycles. The topological polar surface area (TPSA) is 15.6 Å². The molecule has 1 heterocycles. The molecular weight excluding hydrogens is 467 g/mol. The van der Waals surface area contributed by atoms with E-state index in [1.807, 2.05) is 30.5 Å². The zero-order chi connectivity index (χ0) is 18.7. The monoisotopic (exact) mass is 496 g/mol. The minimum absolute atomic E-state index is 0. The molecule has 2 fully saturated rings. The standard InChI is InChI=1S/C24H29BrN2.2ClH/c1-19-16-23(27-14-12-24(13-15-27)10-3-2-4-11-24)9-8-20(19)18-26-22-7-5-6-21(25)17-22;;/h5-9,16-18H,2-4,10-15H2,1H3;2*1H. The van der Waals surface area contributed by atoms with E-state index in [0.29, 0.717) is 5.41 Å². The van der Waals surface area contributed by atoms with Crippen LogP contribution >= 0.6 is 40.7 Å². The number of aliphatic imine (C=N–C) groups is 1. The SMILES string of the molecule is Cc1cc(N2CCC3(CCCCC3)CC2)ccc1C=Nc1cccc(Br)c1.Cl.Cl. The largest absolute Gasteiger partial charge is 0.371 e. The number of piperidine rings is 1. The van der Waals surface area contributed by atoms with Gasteiger partial charge in [0.15, 0.2) is 0 Å². The summed E-state index contributed by atoms with van der Waals surface area (Å²) >= 11 is 3.50. The summed E-state index contributed by atoms with van der Waals surface area (Å²) in [5, 5.41) is 0. The van der Waals surface area contributed by atoms with Crippen molar-refractivity contribution in [1.29, 1.82) is 0 Å². The van der Waals surface area contributed by atoms with Crippen molar-refractivity contribution in [3.63, 3.8) is 0 Å². The molecule has 4 rings (SSSR count). The third-order valence-corrected chi connectivity index (χ3v) is 7.01. The van der Waals surface area contributed by atoms with Crippen LogP contribution in [0.1, 0.15) is 56.1 Å². The number of halogens is 3. The van der Waals surface area contributed by atoms with E-state index in [9.17, 15) is 0 Å². The predicted molar refractivity (Wildman–Crippen MR) is 134 cm³/mol. The lowest BCUT2D eigenvalue weighted by atomic mass is 9.68. The number of rotatable bonds is 3. The van der Waals surface area contributed by atoms with Crippen molar-refractivity contribution in [2.24, 2.45) is 10.4 Å². The Bertz CT molecular complexity index is 821. The zero-order valence-electron chi connectivity index (χ0n) is 17.1. The summed E-state index contributed by atoms with van der Waals surface area (Å²) in [4.78, 5) is 7.21. The summed E-state index contributed by atoms with van der Waals surface area (Å²) in [5.74, 6) is 0. The summed E-state index contributed by atoms with van der Waals surface area (Å²) in [6.07, 6.45) is 12.0. The molecule has 0 aromatic heterocycles. The van der Waals surface area contributed by atoms with Crippen molar-refractivity contribution in [3.8, 4) is 0 Å². The van der Waals surface area contributed by atoms with Crippen molar-refractivity contribution < 1.29 is 0 Å². The highest BCUT2D eigenvalue weighted by molar-refractivity contribution is 9.10. The number of aryl methyl sites for hydroxylation is 1. The van der Waals surface area contributed by atoms with E-state index in [-0.39, 0.29) is 24.8 Å². The van der Waals surface area contributed by atoms with Gasteiger partial charge in [-0.15, -0.1) is 24.8 Å². The molecule has 0 unspecified atom stereocenters. The molecule has 2 nitrogen and oxygen atoms in total. The molecule has 1 spiro atoms. The second kappa shape index (κ2) is 10.8. The van der Waals surface area contributed by atoms with Crippen LogP contribution in [0.2, 0.25) is 0 Å². The minimum Gasteiger partial charge on any atom is -0.371 e. The maximum atomic E-state index is 4.63. The summed E-state index contributed by atoms with van der Waals surface area (Å²) in [6, 6.07) is 14.9. The van der Waals surface area contributed by atoms with Gasteiger partial charge in [0.1, 0.15) is 0 Å². The van der Waals surface area contributed by atoms with E-state index < -0.39 is 0 Å². The Morgan fingerprint density at radius 2 is 1.66 bits per heavy atom. The van der Waals surface area contributed by atoms with Crippen LogP contribution in [0.4, 0.5) is 11.4 Å². The smallest absolute Gasteiger partial charge is 0.0641 e. The zero-order valence-corrected chi connectivity index (χ0v) is 20.3. The molecule has 2 aliphatic rings. The number of hydrogen-bond donors (Lipinski definition) is 0. The van der Waals surface area contributed by atoms with Gasteiger partial charge in [-0.25, -0.2) is 0 Å². The Kier molecular flexibility index (Phi) is 9.06. The fraction of sp³-hybridized carbons (Fsp3) is 0.458. The number of benzene rings is 2. The van der Waals surface area contributed by atoms with Gasteiger partial charge in [0.25, 0.3) is 0 Å². The molecule has 2 aromatic rings. The molecule has 0 bridgehead atoms. The van der Waals surface area contributed by atoms with E-state index in [4.69, 9.17) is 0 Å². The average Bonchev–Trinajstić information content (AvgIpc) is 2.68. The first-order valence-electron chi connectivity index (χ1n) is 10.3. The summed E-state index contributed by atoms with van der Waals surface area (Å²) in [5.41, 5.74) is 5.50. The van der Waals surface area contributed by atoms with Gasteiger partial charge in [-0.3, -0.25) is 4.99 Å². The van der Waals surface area contributed by atoms with Crippen molar-refractivity contribution >= 4 is 58.3 Å². The molecule has 0 atom stereocenters. The van der Waals surface area contributed by atoms with Crippen LogP contribution in [0.3, 0.4) is 0 Å². The first kappa shape index (κ1) is 24.2. The maximum Gasteiger partial charge on any atom is 0.0641 e. The highest BCUT2D eigenvalue weighted by atomic mass is 79.9. The van der Waals surface area contributed by atoms with Crippen LogP contribution < -0.4 is 4.90 Å². The lowest BCUT2D eigenvalue weighted by Gasteiger charge is -2.45. The Balaban J connectivity index is 0.00000150. The molecule has 0 N–H and O–H groups in total. The van der Waals surface area contributed by atoms with Gasteiger partial charge in [-0.2, -0.15) is 0 Å². The van der Waals surface area contributed by atoms with Crippen LogP contribution in [0.15, 0.2) is 51.9 Å². The van der Waals surface area contributed by atoms with Gasteiger partial charge in [0.2, 0.25) is 0 Å². The van der Waals surface area contributed by atoms with Gasteiger partial charge in [0, 0.05) is 29.5 Å². The summed E-state index contributed by atoms with van der Waals surface area (Å²) < 4.78 is 1.06. The minimum atomic E-state index is 0. The molecular formula is C24H31BrCl2N2. The van der Waals surface area contributed by atoms with Crippen LogP contribution in [0, 0.1) is 12.3 Å². The van der Waals surface area contributed by atoms with Crippen LogP contribution in [0.25, 0.3) is 0 Å². The second-order valence-corrected chi connectivity index (χ2v) is 9.24. The molecule has 1 aliphatic carbocycles. The normalized spacial score (nSPS) is 18.3. The van der Waals surface area contributed by atoms with Crippen molar-refractivity contribution in [3.05, 3.63) is 58.1 Å². The average molecular weight is 498 g/mol. The molecule has 0 radical (unpaired) electrons. The summed E-state index contributed by atoms with van der Waals surface area (Å²) in [7, 11) is 0. The Morgan fingerprint density at radius 1 is 0.931 bits per heavy atom. The number of anilines is 1. The highest BCUT2D eigenvalue weighted by Crippen LogP contribution is 2.45. The molecule has 29 heavy (non-hydrogen) atoms. The van der Waals surface area contributed by atoms with Gasteiger partial charge < -0.3 is 4.90 Å². The number of hydrogen-bond acceptors (Lipinski definition) is 2. The molecule has 2 aromatic carbocycles. The van der Waals surface area contributed by atoms with E-state index in [0.717, 1.165) is 10.2 Å². The van der Waals surface area contributed by atoms with Crippen LogP contribution in [-0.2, 0) is 0 Å². The lowest BCUT2D eigenvalue weighted by molar-refractivity contribution is 0.144. The second-order valence-electron chi connectivity index (χ2n) is 8.33. The lowest BCUT2D eigenvalue weighted by Crippen LogP contribution is -2.41. The fourth-order valence-electron chi connectivity index (χ4n) is 4.74. The fourth-order valence-corrected chi connectivity index (χ4v) is 5.13. The van der Waals surface area contributed by atoms with E-state index in [1.54, 1.807) is 0 Å². The number of nitrogens with zero attached hydrogens (tertiary/aromatic N) is 2. The first-order chi connectivity index (χ1) is 13.1. The third kappa shape index (κ3) is 5.99. The molecule has 0 amide bonds. The van der Waals surface area contributed by atoms with E-state index >= 15 is 0 Å². The van der Waals surface area contributed by atoms with Gasteiger partial charge >= 0.3 is 0 Å². The first-order valence-corrected chi connectivity index (χ1v) is 11.1. The summed E-state index contributed by atoms with van der Waals surface area (Å²) in [6.45, 7) is 4.62. The van der Waals surface area contributed by atoms with E-state index in [2.05, 4.69) is 50.9 Å². The van der Waals surface area contributed by atoms with Crippen LogP contribution in [0.5, 0.6) is 0 Å². The molecule has 5 heteroatoms. The molecule has 1 saturated carbocycles. The molecule has 1 aliphatic heterocycles. The van der Waals surface area contributed by atoms with Gasteiger partial charge in [0.05, 0.1) is 5.69 Å². The maximum absolute atomic E-state index is 4.63. The van der Waals surface area contributed by atoms with Gasteiger partial charge in [-0.05, 0) is 79.5 Å². The Hall–Kier alpha value is -1.03. The Labute approximate surface area is 196 Å². The molecule has 158 valence electrons. The van der Waals surface area contributed by atoms with Gasteiger partial charge in [-0.1, -0.05) is 47.3 Å².